The summed E-state index contributed by atoms with van der Waals surface area (Å²) in [6, 6.07) is 12.3. The SMILES string of the molecule is NC(=O)CCNC(=O)c1ccccc1NC(=O)c1cccc(S(=O)(=O)N2CCCCC2)c1. The smallest absolute Gasteiger partial charge is 0.255 e. The number of piperidine rings is 1. The normalized spacial score (nSPS) is 14.5. The lowest BCUT2D eigenvalue weighted by atomic mass is 10.1. The van der Waals surface area contributed by atoms with Gasteiger partial charge in [-0.05, 0) is 43.2 Å². The van der Waals surface area contributed by atoms with Gasteiger partial charge in [0.05, 0.1) is 16.1 Å². The first-order chi connectivity index (χ1) is 15.3. The number of primary amides is 1. The van der Waals surface area contributed by atoms with Gasteiger partial charge in [-0.1, -0.05) is 24.6 Å². The molecule has 2 aromatic rings. The number of sulfonamides is 1. The van der Waals surface area contributed by atoms with Crippen LogP contribution in [0.4, 0.5) is 5.69 Å². The van der Waals surface area contributed by atoms with E-state index in [-0.39, 0.29) is 34.7 Å². The van der Waals surface area contributed by atoms with Gasteiger partial charge in [-0.2, -0.15) is 4.31 Å². The Balaban J connectivity index is 1.76. The van der Waals surface area contributed by atoms with Crippen LogP contribution < -0.4 is 16.4 Å². The highest BCUT2D eigenvalue weighted by molar-refractivity contribution is 7.89. The summed E-state index contributed by atoms with van der Waals surface area (Å²) >= 11 is 0. The molecule has 1 aliphatic rings. The van der Waals surface area contributed by atoms with Crippen LogP contribution in [0.5, 0.6) is 0 Å². The fourth-order valence-corrected chi connectivity index (χ4v) is 4.99. The number of rotatable bonds is 8. The molecular weight excluding hydrogens is 432 g/mol. The van der Waals surface area contributed by atoms with E-state index < -0.39 is 27.7 Å². The predicted octanol–water partition coefficient (Wildman–Crippen LogP) is 1.72. The van der Waals surface area contributed by atoms with Crippen molar-refractivity contribution in [1.29, 1.82) is 0 Å². The van der Waals surface area contributed by atoms with E-state index in [1.807, 2.05) is 0 Å². The molecule has 0 saturated carbocycles. The average molecular weight is 459 g/mol. The van der Waals surface area contributed by atoms with Crippen molar-refractivity contribution in [3.8, 4) is 0 Å². The molecule has 0 radical (unpaired) electrons. The minimum absolute atomic E-state index is 0.00144. The molecule has 0 atom stereocenters. The molecule has 0 unspecified atom stereocenters. The van der Waals surface area contributed by atoms with Crippen LogP contribution in [0.15, 0.2) is 53.4 Å². The van der Waals surface area contributed by atoms with E-state index in [2.05, 4.69) is 10.6 Å². The second-order valence-electron chi connectivity index (χ2n) is 7.46. The van der Waals surface area contributed by atoms with Crippen molar-refractivity contribution >= 4 is 33.4 Å². The van der Waals surface area contributed by atoms with Gasteiger partial charge in [0.15, 0.2) is 0 Å². The highest BCUT2D eigenvalue weighted by Crippen LogP contribution is 2.22. The number of anilines is 1. The molecule has 1 saturated heterocycles. The van der Waals surface area contributed by atoms with Gasteiger partial charge in [0.25, 0.3) is 11.8 Å². The number of carbonyl (C=O) groups excluding carboxylic acids is 3. The third-order valence-corrected chi connectivity index (χ3v) is 7.02. The average Bonchev–Trinajstić information content (AvgIpc) is 2.79. The standard InChI is InChI=1S/C22H26N4O5S/c23-20(27)11-12-24-22(29)18-9-2-3-10-19(18)25-21(28)16-7-6-8-17(15-16)32(30,31)26-13-4-1-5-14-26/h2-3,6-10,15H,1,4-5,11-14H2,(H2,23,27)(H,24,29)(H,25,28). The van der Waals surface area contributed by atoms with Crippen LogP contribution in [0.25, 0.3) is 0 Å². The van der Waals surface area contributed by atoms with E-state index in [0.29, 0.717) is 13.1 Å². The summed E-state index contributed by atoms with van der Waals surface area (Å²) in [6.07, 6.45) is 2.64. The van der Waals surface area contributed by atoms with Crippen LogP contribution in [-0.4, -0.2) is 50.1 Å². The van der Waals surface area contributed by atoms with Crippen molar-refractivity contribution in [1.82, 2.24) is 9.62 Å². The maximum atomic E-state index is 12.9. The number of hydrogen-bond donors (Lipinski definition) is 3. The zero-order chi connectivity index (χ0) is 23.1. The van der Waals surface area contributed by atoms with E-state index in [0.717, 1.165) is 19.3 Å². The first-order valence-corrected chi connectivity index (χ1v) is 11.8. The van der Waals surface area contributed by atoms with E-state index in [1.54, 1.807) is 18.2 Å². The largest absolute Gasteiger partial charge is 0.370 e. The van der Waals surface area contributed by atoms with Crippen LogP contribution in [0.2, 0.25) is 0 Å². The van der Waals surface area contributed by atoms with Crippen LogP contribution in [0.1, 0.15) is 46.4 Å². The Morgan fingerprint density at radius 2 is 1.66 bits per heavy atom. The third kappa shape index (κ3) is 5.71. The molecule has 0 bridgehead atoms. The molecule has 9 nitrogen and oxygen atoms in total. The first kappa shape index (κ1) is 23.4. The number of benzene rings is 2. The minimum atomic E-state index is -3.68. The van der Waals surface area contributed by atoms with Crippen molar-refractivity contribution in [2.75, 3.05) is 25.0 Å². The summed E-state index contributed by atoms with van der Waals surface area (Å²) in [5.74, 6) is -1.55. The van der Waals surface area contributed by atoms with Crippen LogP contribution in [0.3, 0.4) is 0 Å². The lowest BCUT2D eigenvalue weighted by molar-refractivity contribution is -0.117. The first-order valence-electron chi connectivity index (χ1n) is 10.4. The van der Waals surface area contributed by atoms with Gasteiger partial charge in [-0.3, -0.25) is 14.4 Å². The van der Waals surface area contributed by atoms with Gasteiger partial charge in [0.1, 0.15) is 0 Å². The lowest BCUT2D eigenvalue weighted by Crippen LogP contribution is -2.35. The Labute approximate surface area is 187 Å². The third-order valence-electron chi connectivity index (χ3n) is 5.13. The molecule has 0 spiro atoms. The minimum Gasteiger partial charge on any atom is -0.370 e. The molecule has 0 aliphatic carbocycles. The number of amides is 3. The van der Waals surface area contributed by atoms with Gasteiger partial charge in [0, 0.05) is 31.6 Å². The molecule has 0 aromatic heterocycles. The van der Waals surface area contributed by atoms with E-state index in [1.165, 1.54) is 34.6 Å². The molecule has 3 amide bonds. The maximum absolute atomic E-state index is 12.9. The number of carbonyl (C=O) groups is 3. The highest BCUT2D eigenvalue weighted by atomic mass is 32.2. The van der Waals surface area contributed by atoms with Crippen molar-refractivity contribution in [3.05, 3.63) is 59.7 Å². The molecule has 3 rings (SSSR count). The van der Waals surface area contributed by atoms with Gasteiger partial charge in [-0.25, -0.2) is 8.42 Å². The molecule has 1 fully saturated rings. The quantitative estimate of drug-likeness (QED) is 0.553. The van der Waals surface area contributed by atoms with E-state index >= 15 is 0 Å². The number of nitrogens with one attached hydrogen (secondary N) is 2. The molecule has 1 heterocycles. The molecule has 1 aliphatic heterocycles. The monoisotopic (exact) mass is 458 g/mol. The predicted molar refractivity (Wildman–Crippen MR) is 120 cm³/mol. The Morgan fingerprint density at radius 1 is 0.938 bits per heavy atom. The molecule has 4 N–H and O–H groups in total. The van der Waals surface area contributed by atoms with Crippen molar-refractivity contribution < 1.29 is 22.8 Å². The summed E-state index contributed by atoms with van der Waals surface area (Å²) in [4.78, 5) is 36.2. The maximum Gasteiger partial charge on any atom is 0.255 e. The Morgan fingerprint density at radius 3 is 2.38 bits per heavy atom. The Kier molecular flexibility index (Phi) is 7.60. The van der Waals surface area contributed by atoms with Crippen LogP contribution in [0, 0.1) is 0 Å². The van der Waals surface area contributed by atoms with Crippen LogP contribution >= 0.6 is 0 Å². The summed E-state index contributed by atoms with van der Waals surface area (Å²) in [7, 11) is -3.68. The van der Waals surface area contributed by atoms with Crippen molar-refractivity contribution in [2.24, 2.45) is 5.73 Å². The Hall–Kier alpha value is -3.24. The van der Waals surface area contributed by atoms with E-state index in [9.17, 15) is 22.8 Å². The summed E-state index contributed by atoms with van der Waals surface area (Å²) in [6.45, 7) is 1.01. The van der Waals surface area contributed by atoms with Crippen molar-refractivity contribution in [2.45, 2.75) is 30.6 Å². The van der Waals surface area contributed by atoms with Crippen LogP contribution in [-0.2, 0) is 14.8 Å². The summed E-state index contributed by atoms with van der Waals surface area (Å²) in [5.41, 5.74) is 5.71. The highest BCUT2D eigenvalue weighted by Gasteiger charge is 2.26. The Bertz CT molecular complexity index is 1110. The molecule has 10 heteroatoms. The van der Waals surface area contributed by atoms with Gasteiger partial charge < -0.3 is 16.4 Å². The fourth-order valence-electron chi connectivity index (χ4n) is 3.43. The fraction of sp³-hybridized carbons (Fsp3) is 0.318. The van der Waals surface area contributed by atoms with Gasteiger partial charge >= 0.3 is 0 Å². The number of nitrogens with two attached hydrogens (primary N) is 1. The number of para-hydroxylation sites is 1. The molecular formula is C22H26N4O5S. The van der Waals surface area contributed by atoms with Gasteiger partial charge in [0.2, 0.25) is 15.9 Å². The molecule has 32 heavy (non-hydrogen) atoms. The second-order valence-corrected chi connectivity index (χ2v) is 9.40. The number of nitrogens with zero attached hydrogens (tertiary/aromatic N) is 1. The zero-order valence-corrected chi connectivity index (χ0v) is 18.4. The number of hydrogen-bond acceptors (Lipinski definition) is 5. The summed E-state index contributed by atoms with van der Waals surface area (Å²) < 4.78 is 27.3. The second kappa shape index (κ2) is 10.4. The lowest BCUT2D eigenvalue weighted by Gasteiger charge is -2.26. The van der Waals surface area contributed by atoms with Gasteiger partial charge in [-0.15, -0.1) is 0 Å². The zero-order valence-electron chi connectivity index (χ0n) is 17.5. The topological polar surface area (TPSA) is 139 Å². The molecule has 2 aromatic carbocycles. The summed E-state index contributed by atoms with van der Waals surface area (Å²) in [5, 5.41) is 5.24. The van der Waals surface area contributed by atoms with Crippen molar-refractivity contribution in [3.63, 3.8) is 0 Å². The molecule has 170 valence electrons. The van der Waals surface area contributed by atoms with E-state index in [4.69, 9.17) is 5.73 Å².